The minimum Gasteiger partial charge on any atom is -0.396 e. The van der Waals surface area contributed by atoms with E-state index in [0.29, 0.717) is 6.04 Å². The Bertz CT molecular complexity index is 376. The van der Waals surface area contributed by atoms with Crippen LogP contribution in [0, 0.1) is 6.92 Å². The van der Waals surface area contributed by atoms with Gasteiger partial charge in [0, 0.05) is 18.8 Å². The lowest BCUT2D eigenvalue weighted by Crippen LogP contribution is -2.35. The number of rotatable bonds is 2. The molecule has 1 aliphatic heterocycles. The number of hydrogen-bond acceptors (Lipinski definition) is 3. The third-order valence-electron chi connectivity index (χ3n) is 3.65. The maximum absolute atomic E-state index is 6.12. The molecule has 1 unspecified atom stereocenters. The summed E-state index contributed by atoms with van der Waals surface area (Å²) in [6.45, 7) is 5.39. The zero-order chi connectivity index (χ0) is 12.3. The Morgan fingerprint density at radius 1 is 1.41 bits per heavy atom. The summed E-state index contributed by atoms with van der Waals surface area (Å²) in [6.07, 6.45) is 8.29. The molecule has 3 nitrogen and oxygen atoms in total. The third kappa shape index (κ3) is 2.71. The Kier molecular flexibility index (Phi) is 3.87. The van der Waals surface area contributed by atoms with E-state index in [4.69, 9.17) is 5.73 Å². The van der Waals surface area contributed by atoms with Gasteiger partial charge in [0.15, 0.2) is 5.82 Å². The van der Waals surface area contributed by atoms with Crippen LogP contribution in [0.15, 0.2) is 12.3 Å². The average Bonchev–Trinajstić information content (AvgIpc) is 2.54. The third-order valence-corrected chi connectivity index (χ3v) is 3.65. The zero-order valence-electron chi connectivity index (χ0n) is 10.9. The number of aromatic nitrogens is 1. The quantitative estimate of drug-likeness (QED) is 0.853. The van der Waals surface area contributed by atoms with Crippen LogP contribution >= 0.6 is 0 Å². The lowest BCUT2D eigenvalue weighted by molar-refractivity contribution is 0.553. The van der Waals surface area contributed by atoms with Crippen molar-refractivity contribution in [3.8, 4) is 0 Å². The normalized spacial score (nSPS) is 21.3. The highest BCUT2D eigenvalue weighted by Gasteiger charge is 2.22. The van der Waals surface area contributed by atoms with Crippen LogP contribution in [-0.2, 0) is 0 Å². The molecule has 0 amide bonds. The first kappa shape index (κ1) is 12.2. The molecule has 3 heteroatoms. The highest BCUT2D eigenvalue weighted by atomic mass is 15.2. The van der Waals surface area contributed by atoms with Crippen molar-refractivity contribution in [3.05, 3.63) is 17.8 Å². The van der Waals surface area contributed by atoms with Crippen molar-refractivity contribution in [1.82, 2.24) is 4.98 Å². The molecule has 0 bridgehead atoms. The molecule has 0 aliphatic carbocycles. The van der Waals surface area contributed by atoms with Gasteiger partial charge in [-0.05, 0) is 37.8 Å². The van der Waals surface area contributed by atoms with Gasteiger partial charge in [-0.3, -0.25) is 0 Å². The summed E-state index contributed by atoms with van der Waals surface area (Å²) in [4.78, 5) is 6.96. The maximum Gasteiger partial charge on any atom is 0.152 e. The van der Waals surface area contributed by atoms with E-state index in [1.165, 1.54) is 32.1 Å². The predicted octanol–water partition coefficient (Wildman–Crippen LogP) is 3.13. The van der Waals surface area contributed by atoms with Gasteiger partial charge in [-0.15, -0.1) is 0 Å². The van der Waals surface area contributed by atoms with Crippen molar-refractivity contribution in [2.75, 3.05) is 17.2 Å². The van der Waals surface area contributed by atoms with Crippen LogP contribution in [0.25, 0.3) is 0 Å². The van der Waals surface area contributed by atoms with Crippen molar-refractivity contribution in [1.29, 1.82) is 0 Å². The Labute approximate surface area is 104 Å². The lowest BCUT2D eigenvalue weighted by Gasteiger charge is -2.31. The molecule has 1 saturated heterocycles. The van der Waals surface area contributed by atoms with Gasteiger partial charge in [0.25, 0.3) is 0 Å². The Morgan fingerprint density at radius 3 is 2.94 bits per heavy atom. The standard InChI is InChI=1S/C14H23N3/c1-3-12-7-5-4-6-8-17(12)14-13(15)9-11(2)10-16-14/h9-10,12H,3-8,15H2,1-2H3. The fourth-order valence-corrected chi connectivity index (χ4v) is 2.71. The molecule has 1 aromatic rings. The summed E-state index contributed by atoms with van der Waals surface area (Å²) in [5, 5.41) is 0. The van der Waals surface area contributed by atoms with E-state index in [2.05, 4.69) is 16.8 Å². The summed E-state index contributed by atoms with van der Waals surface area (Å²) in [5.41, 5.74) is 8.07. The predicted molar refractivity (Wildman–Crippen MR) is 73.3 cm³/mol. The summed E-state index contributed by atoms with van der Waals surface area (Å²) in [5.74, 6) is 0.990. The molecule has 17 heavy (non-hydrogen) atoms. The van der Waals surface area contributed by atoms with E-state index in [1.54, 1.807) is 0 Å². The van der Waals surface area contributed by atoms with Crippen LogP contribution in [0.2, 0.25) is 0 Å². The largest absolute Gasteiger partial charge is 0.396 e. The molecule has 0 aromatic carbocycles. The van der Waals surface area contributed by atoms with Crippen LogP contribution in [0.1, 0.15) is 44.6 Å². The summed E-state index contributed by atoms with van der Waals surface area (Å²) in [6, 6.07) is 2.63. The fourth-order valence-electron chi connectivity index (χ4n) is 2.71. The number of nitrogens with two attached hydrogens (primary N) is 1. The van der Waals surface area contributed by atoms with Crippen molar-refractivity contribution in [2.45, 2.75) is 52.0 Å². The molecule has 94 valence electrons. The van der Waals surface area contributed by atoms with Gasteiger partial charge in [0.1, 0.15) is 0 Å². The highest BCUT2D eigenvalue weighted by Crippen LogP contribution is 2.28. The lowest BCUT2D eigenvalue weighted by atomic mass is 10.1. The zero-order valence-corrected chi connectivity index (χ0v) is 10.9. The van der Waals surface area contributed by atoms with E-state index in [1.807, 2.05) is 19.2 Å². The van der Waals surface area contributed by atoms with Gasteiger partial charge in [0.05, 0.1) is 5.69 Å². The van der Waals surface area contributed by atoms with E-state index in [0.717, 1.165) is 23.6 Å². The van der Waals surface area contributed by atoms with Gasteiger partial charge < -0.3 is 10.6 Å². The molecule has 1 atom stereocenters. The van der Waals surface area contributed by atoms with Gasteiger partial charge in [-0.2, -0.15) is 0 Å². The fraction of sp³-hybridized carbons (Fsp3) is 0.643. The van der Waals surface area contributed by atoms with Crippen molar-refractivity contribution in [2.24, 2.45) is 0 Å². The Morgan fingerprint density at radius 2 is 2.24 bits per heavy atom. The summed E-state index contributed by atoms with van der Waals surface area (Å²) >= 11 is 0. The van der Waals surface area contributed by atoms with Gasteiger partial charge in [0.2, 0.25) is 0 Å². The second kappa shape index (κ2) is 5.39. The number of aryl methyl sites for hydroxylation is 1. The first-order valence-corrected chi connectivity index (χ1v) is 6.71. The number of nitrogens with zero attached hydrogens (tertiary/aromatic N) is 2. The first-order chi connectivity index (χ1) is 8.22. The Hall–Kier alpha value is -1.25. The molecule has 2 heterocycles. The molecule has 0 spiro atoms. The smallest absolute Gasteiger partial charge is 0.152 e. The Balaban J connectivity index is 2.28. The van der Waals surface area contributed by atoms with Gasteiger partial charge >= 0.3 is 0 Å². The molecular weight excluding hydrogens is 210 g/mol. The molecule has 2 rings (SSSR count). The second-order valence-electron chi connectivity index (χ2n) is 5.03. The topological polar surface area (TPSA) is 42.2 Å². The molecule has 0 radical (unpaired) electrons. The molecule has 1 fully saturated rings. The minimum atomic E-state index is 0.606. The van der Waals surface area contributed by atoms with Crippen LogP contribution in [0.5, 0.6) is 0 Å². The maximum atomic E-state index is 6.12. The molecule has 2 N–H and O–H groups in total. The number of pyridine rings is 1. The average molecular weight is 233 g/mol. The summed E-state index contributed by atoms with van der Waals surface area (Å²) < 4.78 is 0. The van der Waals surface area contributed by atoms with Crippen molar-refractivity contribution < 1.29 is 0 Å². The number of nitrogen functional groups attached to an aromatic ring is 1. The molecule has 1 aliphatic rings. The van der Waals surface area contributed by atoms with Crippen LogP contribution in [0.3, 0.4) is 0 Å². The van der Waals surface area contributed by atoms with Crippen LogP contribution in [-0.4, -0.2) is 17.6 Å². The van der Waals surface area contributed by atoms with Crippen molar-refractivity contribution >= 4 is 11.5 Å². The highest BCUT2D eigenvalue weighted by molar-refractivity contribution is 5.63. The van der Waals surface area contributed by atoms with Crippen LogP contribution in [0.4, 0.5) is 11.5 Å². The van der Waals surface area contributed by atoms with Gasteiger partial charge in [-0.25, -0.2) is 4.98 Å². The molecule has 0 saturated carbocycles. The van der Waals surface area contributed by atoms with E-state index in [-0.39, 0.29) is 0 Å². The number of hydrogen-bond donors (Lipinski definition) is 1. The van der Waals surface area contributed by atoms with Crippen LogP contribution < -0.4 is 10.6 Å². The summed E-state index contributed by atoms with van der Waals surface area (Å²) in [7, 11) is 0. The van der Waals surface area contributed by atoms with E-state index >= 15 is 0 Å². The number of anilines is 2. The minimum absolute atomic E-state index is 0.606. The van der Waals surface area contributed by atoms with Gasteiger partial charge in [-0.1, -0.05) is 19.8 Å². The monoisotopic (exact) mass is 233 g/mol. The molecular formula is C14H23N3. The SMILES string of the molecule is CCC1CCCCCN1c1ncc(C)cc1N. The van der Waals surface area contributed by atoms with E-state index in [9.17, 15) is 0 Å². The van der Waals surface area contributed by atoms with Crippen molar-refractivity contribution in [3.63, 3.8) is 0 Å². The van der Waals surface area contributed by atoms with E-state index < -0.39 is 0 Å². The molecule has 1 aromatic heterocycles. The second-order valence-corrected chi connectivity index (χ2v) is 5.03. The first-order valence-electron chi connectivity index (χ1n) is 6.71.